The van der Waals surface area contributed by atoms with Crippen molar-refractivity contribution in [3.63, 3.8) is 0 Å². The molecule has 162 valence electrons. The Morgan fingerprint density at radius 3 is 2.80 bits per heavy atom. The van der Waals surface area contributed by atoms with Crippen molar-refractivity contribution in [1.29, 1.82) is 0 Å². The van der Waals surface area contributed by atoms with Gasteiger partial charge in [-0.3, -0.25) is 9.36 Å². The zero-order valence-electron chi connectivity index (χ0n) is 16.3. The van der Waals surface area contributed by atoms with Crippen LogP contribution in [0.15, 0.2) is 29.2 Å². The van der Waals surface area contributed by atoms with Gasteiger partial charge in [-0.25, -0.2) is 4.98 Å². The second-order valence-electron chi connectivity index (χ2n) is 7.49. The van der Waals surface area contributed by atoms with Gasteiger partial charge in [0.25, 0.3) is 5.56 Å². The molecule has 11 heteroatoms. The van der Waals surface area contributed by atoms with Crippen LogP contribution in [0, 0.1) is 0 Å². The highest BCUT2D eigenvalue weighted by Crippen LogP contribution is 2.38. The Morgan fingerprint density at radius 2 is 2.10 bits per heavy atom. The highest BCUT2D eigenvalue weighted by molar-refractivity contribution is 6.29. The van der Waals surface area contributed by atoms with Crippen molar-refractivity contribution in [3.05, 3.63) is 45.5 Å². The average Bonchev–Trinajstić information content (AvgIpc) is 2.68. The van der Waals surface area contributed by atoms with Crippen LogP contribution in [0.3, 0.4) is 0 Å². The lowest BCUT2D eigenvalue weighted by molar-refractivity contribution is -0.171. The predicted octanol–water partition coefficient (Wildman–Crippen LogP) is 3.03. The van der Waals surface area contributed by atoms with Gasteiger partial charge in [-0.1, -0.05) is 11.6 Å². The van der Waals surface area contributed by atoms with Gasteiger partial charge in [0.05, 0.1) is 19.3 Å². The van der Waals surface area contributed by atoms with Gasteiger partial charge in [0.15, 0.2) is 0 Å². The summed E-state index contributed by atoms with van der Waals surface area (Å²) in [4.78, 5) is 24.9. The van der Waals surface area contributed by atoms with E-state index in [-0.39, 0.29) is 31.5 Å². The van der Waals surface area contributed by atoms with Crippen molar-refractivity contribution in [1.82, 2.24) is 14.5 Å². The standard InChI is InChI=1S/C19H21ClF3N5O2/c1-12-11-30-7-6-27(12)16-9-17(29)28-14(19(21,22)23)3-5-26(18(28)25-16)10-13-2-4-24-15(20)8-13/h2,4,8-9,12,14H,3,5-7,10-11H2,1H3. The molecule has 2 aliphatic heterocycles. The molecule has 0 N–H and O–H groups in total. The first-order valence-corrected chi connectivity index (χ1v) is 10.0. The molecule has 0 amide bonds. The van der Waals surface area contributed by atoms with Crippen molar-refractivity contribution < 1.29 is 17.9 Å². The number of pyridine rings is 1. The molecule has 2 atom stereocenters. The predicted molar refractivity (Wildman–Crippen MR) is 106 cm³/mol. The van der Waals surface area contributed by atoms with Gasteiger partial charge in [-0.15, -0.1) is 0 Å². The van der Waals surface area contributed by atoms with E-state index in [0.29, 0.717) is 30.7 Å². The maximum atomic E-state index is 13.7. The zero-order chi connectivity index (χ0) is 21.5. The number of halogens is 4. The van der Waals surface area contributed by atoms with Crippen LogP contribution >= 0.6 is 11.6 Å². The first-order chi connectivity index (χ1) is 14.2. The van der Waals surface area contributed by atoms with Crippen LogP contribution in [-0.2, 0) is 11.3 Å². The van der Waals surface area contributed by atoms with E-state index in [2.05, 4.69) is 9.97 Å². The maximum absolute atomic E-state index is 13.7. The molecule has 0 aliphatic carbocycles. The summed E-state index contributed by atoms with van der Waals surface area (Å²) >= 11 is 5.95. The molecular formula is C19H21ClF3N5O2. The number of alkyl halides is 3. The molecule has 0 spiro atoms. The van der Waals surface area contributed by atoms with Crippen molar-refractivity contribution >= 4 is 23.4 Å². The van der Waals surface area contributed by atoms with Crippen molar-refractivity contribution in [3.8, 4) is 0 Å². The van der Waals surface area contributed by atoms with E-state index in [1.54, 1.807) is 17.0 Å². The number of morpholine rings is 1. The number of anilines is 2. The Kier molecular flexibility index (Phi) is 5.63. The summed E-state index contributed by atoms with van der Waals surface area (Å²) in [6, 6.07) is 2.63. The summed E-state index contributed by atoms with van der Waals surface area (Å²) in [6.45, 7) is 3.74. The molecule has 0 saturated carbocycles. The fourth-order valence-electron chi connectivity index (χ4n) is 3.93. The number of aromatic nitrogens is 3. The topological polar surface area (TPSA) is 63.5 Å². The fraction of sp³-hybridized carbons (Fsp3) is 0.526. The lowest BCUT2D eigenvalue weighted by Crippen LogP contribution is -2.48. The minimum Gasteiger partial charge on any atom is -0.377 e. The smallest absolute Gasteiger partial charge is 0.377 e. The number of ether oxygens (including phenoxy) is 1. The Bertz CT molecular complexity index is 983. The molecule has 4 rings (SSSR count). The summed E-state index contributed by atoms with van der Waals surface area (Å²) in [5.41, 5.74) is 0.0554. The summed E-state index contributed by atoms with van der Waals surface area (Å²) in [7, 11) is 0. The summed E-state index contributed by atoms with van der Waals surface area (Å²) in [5, 5.41) is 0.291. The number of fused-ring (bicyclic) bond motifs is 1. The van der Waals surface area contributed by atoms with Crippen LogP contribution in [0.5, 0.6) is 0 Å². The van der Waals surface area contributed by atoms with Gasteiger partial charge in [-0.2, -0.15) is 18.2 Å². The van der Waals surface area contributed by atoms with Gasteiger partial charge in [-0.05, 0) is 31.0 Å². The largest absolute Gasteiger partial charge is 0.409 e. The minimum atomic E-state index is -4.54. The van der Waals surface area contributed by atoms with Crippen molar-refractivity contribution in [2.45, 2.75) is 38.1 Å². The number of rotatable bonds is 3. The Balaban J connectivity index is 1.78. The number of nitrogens with zero attached hydrogens (tertiary/aromatic N) is 5. The molecule has 1 saturated heterocycles. The molecule has 2 unspecified atom stereocenters. The van der Waals surface area contributed by atoms with E-state index in [1.165, 1.54) is 12.3 Å². The lowest BCUT2D eigenvalue weighted by atomic mass is 10.1. The van der Waals surface area contributed by atoms with Gasteiger partial charge in [0.2, 0.25) is 5.95 Å². The van der Waals surface area contributed by atoms with Crippen LogP contribution in [0.25, 0.3) is 0 Å². The second kappa shape index (κ2) is 8.07. The molecule has 30 heavy (non-hydrogen) atoms. The Hall–Kier alpha value is -2.33. The quantitative estimate of drug-likeness (QED) is 0.679. The molecule has 1 fully saturated rings. The van der Waals surface area contributed by atoms with Crippen LogP contribution in [-0.4, -0.2) is 53.1 Å². The van der Waals surface area contributed by atoms with Crippen LogP contribution in [0.4, 0.5) is 24.9 Å². The van der Waals surface area contributed by atoms with E-state index in [4.69, 9.17) is 16.3 Å². The summed E-state index contributed by atoms with van der Waals surface area (Å²) in [6.07, 6.45) is -3.24. The third-order valence-electron chi connectivity index (χ3n) is 5.39. The molecule has 2 aromatic rings. The Morgan fingerprint density at radius 1 is 1.30 bits per heavy atom. The van der Waals surface area contributed by atoms with Gasteiger partial charge >= 0.3 is 6.18 Å². The van der Waals surface area contributed by atoms with Gasteiger partial charge in [0.1, 0.15) is 17.0 Å². The maximum Gasteiger partial charge on any atom is 0.409 e. The molecule has 0 radical (unpaired) electrons. The SMILES string of the molecule is CC1COCCN1c1cc(=O)n2c(n1)N(Cc1ccnc(Cl)c1)CCC2C(F)(F)F. The molecule has 4 heterocycles. The average molecular weight is 444 g/mol. The second-order valence-corrected chi connectivity index (χ2v) is 7.88. The third kappa shape index (κ3) is 4.11. The van der Waals surface area contributed by atoms with Crippen LogP contribution < -0.4 is 15.4 Å². The molecule has 2 aromatic heterocycles. The number of hydrogen-bond donors (Lipinski definition) is 0. The molecule has 0 bridgehead atoms. The van der Waals surface area contributed by atoms with E-state index < -0.39 is 17.8 Å². The molecule has 2 aliphatic rings. The highest BCUT2D eigenvalue weighted by Gasteiger charge is 2.45. The molecule has 0 aromatic carbocycles. The van der Waals surface area contributed by atoms with Crippen LogP contribution in [0.2, 0.25) is 5.15 Å². The summed E-state index contributed by atoms with van der Waals surface area (Å²) < 4.78 is 47.2. The summed E-state index contributed by atoms with van der Waals surface area (Å²) in [5.74, 6) is 0.375. The lowest BCUT2D eigenvalue weighted by Gasteiger charge is -2.39. The first kappa shape index (κ1) is 20.9. The van der Waals surface area contributed by atoms with Gasteiger partial charge < -0.3 is 14.5 Å². The monoisotopic (exact) mass is 443 g/mol. The highest BCUT2D eigenvalue weighted by atomic mass is 35.5. The number of hydrogen-bond acceptors (Lipinski definition) is 6. The minimum absolute atomic E-state index is 0.0118. The van der Waals surface area contributed by atoms with E-state index >= 15 is 0 Å². The molecular weight excluding hydrogens is 423 g/mol. The van der Waals surface area contributed by atoms with Crippen molar-refractivity contribution in [2.24, 2.45) is 0 Å². The first-order valence-electron chi connectivity index (χ1n) is 9.64. The van der Waals surface area contributed by atoms with E-state index in [9.17, 15) is 18.0 Å². The Labute approximate surface area is 176 Å². The van der Waals surface area contributed by atoms with E-state index in [1.807, 2.05) is 11.8 Å². The fourth-order valence-corrected chi connectivity index (χ4v) is 4.12. The van der Waals surface area contributed by atoms with Crippen molar-refractivity contribution in [2.75, 3.05) is 36.1 Å². The normalized spacial score (nSPS) is 22.2. The zero-order valence-corrected chi connectivity index (χ0v) is 17.0. The van der Waals surface area contributed by atoms with Gasteiger partial charge in [0, 0.05) is 31.9 Å². The van der Waals surface area contributed by atoms with Crippen LogP contribution in [0.1, 0.15) is 24.9 Å². The molecule has 7 nitrogen and oxygen atoms in total. The van der Waals surface area contributed by atoms with E-state index in [0.717, 1.165) is 10.1 Å². The third-order valence-corrected chi connectivity index (χ3v) is 5.60.